The number of carbonyl (C=O) groups excluding carboxylic acids is 1. The first-order chi connectivity index (χ1) is 9.72. The summed E-state index contributed by atoms with van der Waals surface area (Å²) in [6.07, 6.45) is -0.856. The molecular weight excluding hydrogens is 317 g/mol. The smallest absolute Gasteiger partial charge is 0.323 e. The van der Waals surface area contributed by atoms with Crippen LogP contribution in [-0.4, -0.2) is 40.6 Å². The van der Waals surface area contributed by atoms with Gasteiger partial charge in [-0.1, -0.05) is 23.2 Å². The third-order valence-corrected chi connectivity index (χ3v) is 3.29. The molecule has 5 nitrogen and oxygen atoms in total. The van der Waals surface area contributed by atoms with Crippen molar-refractivity contribution in [3.8, 4) is 5.75 Å². The van der Waals surface area contributed by atoms with Gasteiger partial charge in [-0.3, -0.25) is 9.59 Å². The van der Waals surface area contributed by atoms with Crippen molar-refractivity contribution in [2.75, 3.05) is 6.54 Å². The number of halogens is 2. The van der Waals surface area contributed by atoms with Crippen LogP contribution in [0, 0.1) is 0 Å². The molecule has 0 radical (unpaired) electrons. The molecule has 0 bridgehead atoms. The number of carbonyl (C=O) groups is 2. The Labute approximate surface area is 133 Å². The van der Waals surface area contributed by atoms with Crippen molar-refractivity contribution in [1.29, 1.82) is 0 Å². The van der Waals surface area contributed by atoms with E-state index in [0.717, 1.165) is 0 Å². The first kappa shape index (κ1) is 17.6. The van der Waals surface area contributed by atoms with E-state index >= 15 is 0 Å². The quantitative estimate of drug-likeness (QED) is 0.868. The van der Waals surface area contributed by atoms with Gasteiger partial charge in [0.1, 0.15) is 12.3 Å². The van der Waals surface area contributed by atoms with E-state index in [2.05, 4.69) is 0 Å². The SMILES string of the molecule is CC(Oc1ccc(Cl)cc1Cl)C(=O)N(CC(=O)O)C(C)C. The Hall–Kier alpha value is -1.46. The lowest BCUT2D eigenvalue weighted by Crippen LogP contribution is -2.46. The van der Waals surface area contributed by atoms with Crippen LogP contribution in [0.15, 0.2) is 18.2 Å². The summed E-state index contributed by atoms with van der Waals surface area (Å²) in [5.41, 5.74) is 0. The van der Waals surface area contributed by atoms with E-state index in [1.165, 1.54) is 11.0 Å². The van der Waals surface area contributed by atoms with Crippen LogP contribution in [0.3, 0.4) is 0 Å². The average molecular weight is 334 g/mol. The highest BCUT2D eigenvalue weighted by molar-refractivity contribution is 6.35. The second kappa shape index (κ2) is 7.52. The Morgan fingerprint density at radius 2 is 1.90 bits per heavy atom. The van der Waals surface area contributed by atoms with Crippen molar-refractivity contribution in [3.05, 3.63) is 28.2 Å². The fourth-order valence-corrected chi connectivity index (χ4v) is 2.16. The van der Waals surface area contributed by atoms with Gasteiger partial charge in [0.25, 0.3) is 5.91 Å². The van der Waals surface area contributed by atoms with Gasteiger partial charge >= 0.3 is 5.97 Å². The van der Waals surface area contributed by atoms with Gasteiger partial charge in [0.15, 0.2) is 6.10 Å². The number of nitrogens with zero attached hydrogens (tertiary/aromatic N) is 1. The number of carboxylic acid groups (broad SMARTS) is 1. The Morgan fingerprint density at radius 1 is 1.29 bits per heavy atom. The molecule has 1 aromatic rings. The Bertz CT molecular complexity index is 534. The van der Waals surface area contributed by atoms with Gasteiger partial charge in [-0.05, 0) is 39.0 Å². The van der Waals surface area contributed by atoms with E-state index in [1.54, 1.807) is 32.9 Å². The molecule has 116 valence electrons. The topological polar surface area (TPSA) is 66.8 Å². The van der Waals surface area contributed by atoms with E-state index in [1.807, 2.05) is 0 Å². The van der Waals surface area contributed by atoms with Crippen molar-refractivity contribution < 1.29 is 19.4 Å². The van der Waals surface area contributed by atoms with Crippen molar-refractivity contribution >= 4 is 35.1 Å². The number of hydrogen-bond acceptors (Lipinski definition) is 3. The van der Waals surface area contributed by atoms with Crippen LogP contribution < -0.4 is 4.74 Å². The molecule has 1 N–H and O–H groups in total. The fraction of sp³-hybridized carbons (Fsp3) is 0.429. The molecule has 0 aromatic heterocycles. The number of ether oxygens (including phenoxy) is 1. The summed E-state index contributed by atoms with van der Waals surface area (Å²) in [7, 11) is 0. The molecule has 21 heavy (non-hydrogen) atoms. The predicted octanol–water partition coefficient (Wildman–Crippen LogP) is 3.08. The first-order valence-corrected chi connectivity index (χ1v) is 7.12. The number of aliphatic carboxylic acids is 1. The number of carboxylic acids is 1. The van der Waals surface area contributed by atoms with Crippen LogP contribution in [0.1, 0.15) is 20.8 Å². The Balaban J connectivity index is 2.83. The van der Waals surface area contributed by atoms with Crippen LogP contribution in [0.4, 0.5) is 0 Å². The third-order valence-electron chi connectivity index (χ3n) is 2.76. The molecule has 0 heterocycles. The summed E-state index contributed by atoms with van der Waals surface area (Å²) in [6.45, 7) is 4.65. The number of benzene rings is 1. The maximum Gasteiger partial charge on any atom is 0.323 e. The van der Waals surface area contributed by atoms with Crippen LogP contribution in [0.25, 0.3) is 0 Å². The van der Waals surface area contributed by atoms with Crippen LogP contribution in [0.2, 0.25) is 10.0 Å². The second-order valence-corrected chi connectivity index (χ2v) is 5.63. The lowest BCUT2D eigenvalue weighted by Gasteiger charge is -2.28. The zero-order valence-corrected chi connectivity index (χ0v) is 13.5. The first-order valence-electron chi connectivity index (χ1n) is 6.36. The molecule has 1 unspecified atom stereocenters. The summed E-state index contributed by atoms with van der Waals surface area (Å²) in [5, 5.41) is 9.61. The summed E-state index contributed by atoms with van der Waals surface area (Å²) < 4.78 is 5.50. The molecule has 0 aliphatic carbocycles. The van der Waals surface area contributed by atoms with Crippen LogP contribution >= 0.6 is 23.2 Å². The molecule has 0 saturated carbocycles. The molecule has 1 atom stereocenters. The highest BCUT2D eigenvalue weighted by atomic mass is 35.5. The lowest BCUT2D eigenvalue weighted by molar-refractivity contribution is -0.149. The van der Waals surface area contributed by atoms with Gasteiger partial charge in [-0.2, -0.15) is 0 Å². The van der Waals surface area contributed by atoms with Crippen molar-refractivity contribution in [3.63, 3.8) is 0 Å². The van der Waals surface area contributed by atoms with E-state index in [-0.39, 0.29) is 17.6 Å². The molecule has 1 amide bonds. The summed E-state index contributed by atoms with van der Waals surface area (Å²) in [4.78, 5) is 24.3. The third kappa shape index (κ3) is 5.10. The minimum Gasteiger partial charge on any atom is -0.480 e. The highest BCUT2D eigenvalue weighted by Gasteiger charge is 2.26. The van der Waals surface area contributed by atoms with E-state index in [9.17, 15) is 9.59 Å². The van der Waals surface area contributed by atoms with Crippen molar-refractivity contribution in [1.82, 2.24) is 4.90 Å². The largest absolute Gasteiger partial charge is 0.480 e. The number of rotatable bonds is 6. The summed E-state index contributed by atoms with van der Waals surface area (Å²) in [6, 6.07) is 4.41. The molecule has 1 aromatic carbocycles. The zero-order valence-electron chi connectivity index (χ0n) is 12.0. The molecule has 1 rings (SSSR count). The minimum atomic E-state index is -1.08. The molecule has 0 fully saturated rings. The van der Waals surface area contributed by atoms with Crippen LogP contribution in [0.5, 0.6) is 5.75 Å². The van der Waals surface area contributed by atoms with Gasteiger partial charge in [-0.15, -0.1) is 0 Å². The lowest BCUT2D eigenvalue weighted by atomic mass is 10.2. The number of hydrogen-bond donors (Lipinski definition) is 1. The minimum absolute atomic E-state index is 0.250. The summed E-state index contributed by atoms with van der Waals surface area (Å²) in [5.74, 6) is -1.17. The van der Waals surface area contributed by atoms with Gasteiger partial charge < -0.3 is 14.7 Å². The van der Waals surface area contributed by atoms with Crippen molar-refractivity contribution in [2.45, 2.75) is 32.9 Å². The maximum absolute atomic E-state index is 12.3. The monoisotopic (exact) mass is 333 g/mol. The van der Waals surface area contributed by atoms with E-state index in [4.69, 9.17) is 33.0 Å². The number of amides is 1. The zero-order chi connectivity index (χ0) is 16.2. The van der Waals surface area contributed by atoms with Gasteiger partial charge in [0.2, 0.25) is 0 Å². The Morgan fingerprint density at radius 3 is 2.38 bits per heavy atom. The molecular formula is C14H17Cl2NO4. The summed E-state index contributed by atoms with van der Waals surface area (Å²) >= 11 is 11.8. The fourth-order valence-electron chi connectivity index (χ4n) is 1.71. The Kier molecular flexibility index (Phi) is 6.30. The average Bonchev–Trinajstić information content (AvgIpc) is 2.37. The van der Waals surface area contributed by atoms with E-state index in [0.29, 0.717) is 10.8 Å². The normalized spacial score (nSPS) is 12.1. The van der Waals surface area contributed by atoms with Gasteiger partial charge in [-0.25, -0.2) is 0 Å². The molecule has 0 aliphatic rings. The van der Waals surface area contributed by atoms with Crippen LogP contribution in [-0.2, 0) is 9.59 Å². The van der Waals surface area contributed by atoms with Gasteiger partial charge in [0, 0.05) is 11.1 Å². The maximum atomic E-state index is 12.3. The predicted molar refractivity (Wildman–Crippen MR) is 81.0 cm³/mol. The van der Waals surface area contributed by atoms with E-state index < -0.39 is 18.0 Å². The van der Waals surface area contributed by atoms with Crippen molar-refractivity contribution in [2.24, 2.45) is 0 Å². The second-order valence-electron chi connectivity index (χ2n) is 4.79. The molecule has 0 aliphatic heterocycles. The standard InChI is InChI=1S/C14H17Cl2NO4/c1-8(2)17(7-13(18)19)14(20)9(3)21-12-5-4-10(15)6-11(12)16/h4-6,8-9H,7H2,1-3H3,(H,18,19). The molecule has 0 saturated heterocycles. The highest BCUT2D eigenvalue weighted by Crippen LogP contribution is 2.28. The van der Waals surface area contributed by atoms with Gasteiger partial charge in [0.05, 0.1) is 5.02 Å². The molecule has 7 heteroatoms. The molecule has 0 spiro atoms.